The highest BCUT2D eigenvalue weighted by Crippen LogP contribution is 2.60. The molecule has 0 saturated carbocycles. The van der Waals surface area contributed by atoms with Crippen LogP contribution in [-0.4, -0.2) is 0 Å². The predicted molar refractivity (Wildman–Crippen MR) is 290 cm³/mol. The highest BCUT2D eigenvalue weighted by Gasteiger charge is 2.47. The standard InChI is InChI=1S/C68H51N/c1-67(2)60-29-16-14-27-57(60)58-44-42-54(45-63(58)67)69(64-32-18-31-62-66(64)59-28-15-17-30-61(59)68(62,51-22-8-4-9-23-51)52-24-10-5-11-25-52)53-40-37-49(38-41-53)56-43-39-48-21-12-13-26-55(48)65(56)50-35-33-47(34-36-50)46-19-6-3-7-20-46/h3-19,21-46H,20H2,1-2H3. The van der Waals surface area contributed by atoms with E-state index in [1.807, 2.05) is 0 Å². The van der Waals surface area contributed by atoms with Gasteiger partial charge in [-0.3, -0.25) is 0 Å². The number of benzene rings is 10. The van der Waals surface area contributed by atoms with Gasteiger partial charge in [-0.25, -0.2) is 0 Å². The van der Waals surface area contributed by atoms with Gasteiger partial charge in [-0.15, -0.1) is 0 Å². The first kappa shape index (κ1) is 41.0. The third kappa shape index (κ3) is 6.38. The van der Waals surface area contributed by atoms with Gasteiger partial charge in [0, 0.05) is 28.3 Å². The molecule has 0 saturated heterocycles. The van der Waals surface area contributed by atoms with Crippen LogP contribution in [0.25, 0.3) is 55.3 Å². The second-order valence-electron chi connectivity index (χ2n) is 19.5. The van der Waals surface area contributed by atoms with Crippen molar-refractivity contribution in [3.8, 4) is 44.5 Å². The molecule has 1 heteroatoms. The molecule has 3 aliphatic rings. The Labute approximate surface area is 406 Å². The molecular formula is C68H51N. The first-order chi connectivity index (χ1) is 34.0. The lowest BCUT2D eigenvalue weighted by Gasteiger charge is -2.34. The SMILES string of the molecule is CC1(C)c2ccccc2-c2ccc(N(c3ccc(-c4ccc5ccccc5c4-c4ccc(C5C=CC=CC5)cc4)cc3)c3cccc4c3-c3ccccc3C4(c3ccccc3)c3ccccc3)cc21. The zero-order valence-corrected chi connectivity index (χ0v) is 39.0. The van der Waals surface area contributed by atoms with E-state index in [2.05, 4.69) is 274 Å². The van der Waals surface area contributed by atoms with E-state index in [-0.39, 0.29) is 5.41 Å². The molecule has 0 aliphatic heterocycles. The summed E-state index contributed by atoms with van der Waals surface area (Å²) in [5.74, 6) is 0.408. The van der Waals surface area contributed by atoms with Gasteiger partial charge in [-0.1, -0.05) is 238 Å². The van der Waals surface area contributed by atoms with Crippen molar-refractivity contribution < 1.29 is 0 Å². The summed E-state index contributed by atoms with van der Waals surface area (Å²) >= 11 is 0. The minimum atomic E-state index is -0.517. The Hall–Kier alpha value is -8.26. The summed E-state index contributed by atoms with van der Waals surface area (Å²) in [4.78, 5) is 2.53. The number of rotatable bonds is 8. The van der Waals surface area contributed by atoms with Crippen LogP contribution in [-0.2, 0) is 10.8 Å². The van der Waals surface area contributed by atoms with Gasteiger partial charge in [-0.2, -0.15) is 0 Å². The molecule has 0 heterocycles. The van der Waals surface area contributed by atoms with E-state index in [0.717, 1.165) is 23.5 Å². The lowest BCUT2D eigenvalue weighted by atomic mass is 9.68. The highest BCUT2D eigenvalue weighted by atomic mass is 15.1. The lowest BCUT2D eigenvalue weighted by Crippen LogP contribution is -2.28. The highest BCUT2D eigenvalue weighted by molar-refractivity contribution is 6.05. The van der Waals surface area contributed by atoms with E-state index in [1.165, 1.54) is 94.2 Å². The molecule has 0 spiro atoms. The summed E-state index contributed by atoms with van der Waals surface area (Å²) in [5, 5.41) is 2.50. The monoisotopic (exact) mass is 881 g/mol. The Morgan fingerprint density at radius 3 is 1.77 bits per heavy atom. The van der Waals surface area contributed by atoms with Gasteiger partial charge < -0.3 is 4.90 Å². The minimum Gasteiger partial charge on any atom is -0.310 e. The number of anilines is 3. The smallest absolute Gasteiger partial charge is 0.0714 e. The van der Waals surface area contributed by atoms with Gasteiger partial charge in [0.25, 0.3) is 0 Å². The first-order valence-corrected chi connectivity index (χ1v) is 24.4. The number of hydrogen-bond acceptors (Lipinski definition) is 1. The third-order valence-electron chi connectivity index (χ3n) is 15.5. The predicted octanol–water partition coefficient (Wildman–Crippen LogP) is 17.9. The molecular weight excluding hydrogens is 831 g/mol. The first-order valence-electron chi connectivity index (χ1n) is 24.4. The molecule has 0 N–H and O–H groups in total. The maximum Gasteiger partial charge on any atom is 0.0714 e. The molecule has 0 aromatic heterocycles. The fourth-order valence-corrected chi connectivity index (χ4v) is 12.3. The molecule has 1 atom stereocenters. The van der Waals surface area contributed by atoms with Crippen molar-refractivity contribution in [2.75, 3.05) is 4.90 Å². The quantitative estimate of drug-likeness (QED) is 0.147. The van der Waals surface area contributed by atoms with Crippen molar-refractivity contribution in [3.63, 3.8) is 0 Å². The van der Waals surface area contributed by atoms with Crippen LogP contribution in [0.4, 0.5) is 17.1 Å². The Morgan fingerprint density at radius 1 is 0.420 bits per heavy atom. The number of nitrogens with zero attached hydrogens (tertiary/aromatic N) is 1. The van der Waals surface area contributed by atoms with Crippen molar-refractivity contribution >= 4 is 27.8 Å². The summed E-state index contributed by atoms with van der Waals surface area (Å²) in [6.07, 6.45) is 9.94. The molecule has 0 radical (unpaired) electrons. The van der Waals surface area contributed by atoms with Gasteiger partial charge in [0.05, 0.1) is 11.1 Å². The average Bonchev–Trinajstić information content (AvgIpc) is 3.85. The van der Waals surface area contributed by atoms with Crippen molar-refractivity contribution in [2.24, 2.45) is 0 Å². The Kier molecular flexibility index (Phi) is 9.63. The molecule has 328 valence electrons. The fourth-order valence-electron chi connectivity index (χ4n) is 12.3. The summed E-state index contributed by atoms with van der Waals surface area (Å²) in [7, 11) is 0. The topological polar surface area (TPSA) is 3.24 Å². The molecule has 1 nitrogen and oxygen atoms in total. The number of fused-ring (bicyclic) bond motifs is 7. The van der Waals surface area contributed by atoms with Crippen molar-refractivity contribution in [3.05, 3.63) is 294 Å². The van der Waals surface area contributed by atoms with E-state index >= 15 is 0 Å². The zero-order chi connectivity index (χ0) is 46.1. The van der Waals surface area contributed by atoms with Crippen LogP contribution >= 0.6 is 0 Å². The summed E-state index contributed by atoms with van der Waals surface area (Å²) < 4.78 is 0. The van der Waals surface area contributed by atoms with Crippen LogP contribution in [0, 0.1) is 0 Å². The maximum absolute atomic E-state index is 2.53. The van der Waals surface area contributed by atoms with Gasteiger partial charge in [0.1, 0.15) is 0 Å². The van der Waals surface area contributed by atoms with Crippen molar-refractivity contribution in [1.29, 1.82) is 0 Å². The third-order valence-corrected chi connectivity index (χ3v) is 15.5. The molecule has 3 aliphatic carbocycles. The molecule has 0 fully saturated rings. The van der Waals surface area contributed by atoms with E-state index in [0.29, 0.717) is 5.92 Å². The van der Waals surface area contributed by atoms with Gasteiger partial charge in [-0.05, 0) is 125 Å². The van der Waals surface area contributed by atoms with Gasteiger partial charge >= 0.3 is 0 Å². The molecule has 0 amide bonds. The fraction of sp³-hybridized carbons (Fsp3) is 0.0882. The lowest BCUT2D eigenvalue weighted by molar-refractivity contribution is 0.660. The molecule has 0 bridgehead atoms. The van der Waals surface area contributed by atoms with Crippen LogP contribution < -0.4 is 4.90 Å². The van der Waals surface area contributed by atoms with Crippen LogP contribution in [0.1, 0.15) is 65.1 Å². The van der Waals surface area contributed by atoms with Crippen LogP contribution in [0.15, 0.2) is 255 Å². The van der Waals surface area contributed by atoms with Crippen molar-refractivity contribution in [1.82, 2.24) is 0 Å². The Balaban J connectivity index is 1.01. The van der Waals surface area contributed by atoms with Crippen LogP contribution in [0.3, 0.4) is 0 Å². The molecule has 69 heavy (non-hydrogen) atoms. The normalized spacial score (nSPS) is 15.6. The Morgan fingerprint density at radius 2 is 1.03 bits per heavy atom. The van der Waals surface area contributed by atoms with E-state index < -0.39 is 5.41 Å². The molecule has 13 rings (SSSR count). The maximum atomic E-state index is 2.53. The summed E-state index contributed by atoms with van der Waals surface area (Å²) in [6, 6.07) is 86.6. The second-order valence-corrected chi connectivity index (χ2v) is 19.5. The largest absolute Gasteiger partial charge is 0.310 e. The van der Waals surface area contributed by atoms with E-state index in [9.17, 15) is 0 Å². The number of allylic oxidation sites excluding steroid dienone is 4. The number of hydrogen-bond donors (Lipinski definition) is 0. The Bertz CT molecular complexity index is 3610. The van der Waals surface area contributed by atoms with Gasteiger partial charge in [0.2, 0.25) is 0 Å². The summed E-state index contributed by atoms with van der Waals surface area (Å²) in [5.41, 5.74) is 22.0. The van der Waals surface area contributed by atoms with Crippen LogP contribution in [0.5, 0.6) is 0 Å². The zero-order valence-electron chi connectivity index (χ0n) is 39.0. The average molecular weight is 882 g/mol. The van der Waals surface area contributed by atoms with E-state index in [4.69, 9.17) is 0 Å². The van der Waals surface area contributed by atoms with E-state index in [1.54, 1.807) is 0 Å². The van der Waals surface area contributed by atoms with Gasteiger partial charge in [0.15, 0.2) is 0 Å². The molecule has 1 unspecified atom stereocenters. The molecule has 10 aromatic carbocycles. The van der Waals surface area contributed by atoms with Crippen LogP contribution in [0.2, 0.25) is 0 Å². The minimum absolute atomic E-state index is 0.159. The second kappa shape index (κ2) is 16.2. The summed E-state index contributed by atoms with van der Waals surface area (Å²) in [6.45, 7) is 4.76. The molecule has 10 aromatic rings. The van der Waals surface area contributed by atoms with Crippen molar-refractivity contribution in [2.45, 2.75) is 37.0 Å².